The van der Waals surface area contributed by atoms with E-state index >= 15 is 0 Å². The Balaban J connectivity index is 1.37. The summed E-state index contributed by atoms with van der Waals surface area (Å²) in [6.07, 6.45) is 16.1. The predicted molar refractivity (Wildman–Crippen MR) is 133 cm³/mol. The van der Waals surface area contributed by atoms with Crippen LogP contribution in [0, 0.1) is 46.3 Å². The van der Waals surface area contributed by atoms with E-state index in [0.29, 0.717) is 35.0 Å². The summed E-state index contributed by atoms with van der Waals surface area (Å²) in [4.78, 5) is 11.6. The lowest BCUT2D eigenvalue weighted by atomic mass is 9.47. The van der Waals surface area contributed by atoms with Gasteiger partial charge in [-0.2, -0.15) is 0 Å². The van der Waals surface area contributed by atoms with Gasteiger partial charge < -0.3 is 9.47 Å². The predicted octanol–water partition coefficient (Wildman–Crippen LogP) is 7.11. The molecule has 1 spiro atoms. The van der Waals surface area contributed by atoms with E-state index in [1.165, 1.54) is 32.6 Å². The first kappa shape index (κ1) is 23.6. The second kappa shape index (κ2) is 7.97. The molecule has 1 saturated heterocycles. The van der Waals surface area contributed by atoms with Gasteiger partial charge in [0.15, 0.2) is 0 Å². The van der Waals surface area contributed by atoms with Gasteiger partial charge in [-0.25, -0.2) is 0 Å². The Hall–Kier alpha value is -1.09. The summed E-state index contributed by atoms with van der Waals surface area (Å²) < 4.78 is 12.2. The molecule has 10 atom stereocenters. The maximum absolute atomic E-state index is 11.6. The van der Waals surface area contributed by atoms with Crippen molar-refractivity contribution < 1.29 is 14.3 Å². The van der Waals surface area contributed by atoms with Crippen LogP contribution < -0.4 is 0 Å². The monoisotopic (exact) mass is 454 g/mol. The SMILES string of the molecule is CC(=O)O[C@H]1CC[C@]2(C)[C@H]3CC[C@]4(C)[C@@H]([C@H](C)/C=C/[C@H](C)C(C)C)CC[C@H]4C3=C[C@@H]3O[C@@]32C1. The Morgan fingerprint density at radius 2 is 1.82 bits per heavy atom. The van der Waals surface area contributed by atoms with E-state index in [-0.39, 0.29) is 29.2 Å². The number of ether oxygens (including phenoxy) is 2. The van der Waals surface area contributed by atoms with Crippen molar-refractivity contribution in [3.8, 4) is 0 Å². The molecule has 184 valence electrons. The molecule has 0 aromatic rings. The van der Waals surface area contributed by atoms with Crippen LogP contribution in [-0.4, -0.2) is 23.8 Å². The van der Waals surface area contributed by atoms with Crippen LogP contribution in [-0.2, 0) is 14.3 Å². The molecule has 3 nitrogen and oxygen atoms in total. The Morgan fingerprint density at radius 1 is 1.06 bits per heavy atom. The number of epoxide rings is 1. The third-order valence-electron chi connectivity index (χ3n) is 11.3. The van der Waals surface area contributed by atoms with Gasteiger partial charge in [-0.15, -0.1) is 0 Å². The van der Waals surface area contributed by atoms with Crippen LogP contribution in [0.4, 0.5) is 0 Å². The molecule has 0 N–H and O–H groups in total. The van der Waals surface area contributed by atoms with Crippen molar-refractivity contribution in [2.45, 2.75) is 111 Å². The zero-order valence-corrected chi connectivity index (χ0v) is 22.0. The highest BCUT2D eigenvalue weighted by Crippen LogP contribution is 2.72. The molecule has 0 bridgehead atoms. The minimum atomic E-state index is -0.152. The molecule has 4 fully saturated rings. The Labute approximate surface area is 201 Å². The number of hydrogen-bond acceptors (Lipinski definition) is 3. The van der Waals surface area contributed by atoms with Crippen LogP contribution >= 0.6 is 0 Å². The highest BCUT2D eigenvalue weighted by atomic mass is 16.6. The smallest absolute Gasteiger partial charge is 0.302 e. The number of fused-ring (bicyclic) bond motifs is 4. The zero-order valence-electron chi connectivity index (χ0n) is 22.0. The molecule has 3 heteroatoms. The molecule has 0 radical (unpaired) electrons. The van der Waals surface area contributed by atoms with Crippen LogP contribution in [0.3, 0.4) is 0 Å². The van der Waals surface area contributed by atoms with Gasteiger partial charge in [0, 0.05) is 18.8 Å². The van der Waals surface area contributed by atoms with E-state index < -0.39 is 0 Å². The van der Waals surface area contributed by atoms with Crippen LogP contribution in [0.25, 0.3) is 0 Å². The van der Waals surface area contributed by atoms with Gasteiger partial charge in [0.05, 0.1) is 0 Å². The van der Waals surface area contributed by atoms with E-state index in [0.717, 1.165) is 25.2 Å². The van der Waals surface area contributed by atoms with Gasteiger partial charge in [-0.05, 0) is 79.4 Å². The number of carbonyl (C=O) groups is 1. The summed E-state index contributed by atoms with van der Waals surface area (Å²) in [5.74, 6) is 3.98. The van der Waals surface area contributed by atoms with Crippen molar-refractivity contribution in [1.82, 2.24) is 0 Å². The summed E-state index contributed by atoms with van der Waals surface area (Å²) in [6.45, 7) is 16.1. The van der Waals surface area contributed by atoms with Crippen molar-refractivity contribution in [1.29, 1.82) is 0 Å². The molecule has 0 unspecified atom stereocenters. The zero-order chi connectivity index (χ0) is 23.8. The topological polar surface area (TPSA) is 38.8 Å². The molecule has 0 aromatic heterocycles. The summed E-state index contributed by atoms with van der Waals surface area (Å²) in [5.41, 5.74) is 2.25. The van der Waals surface area contributed by atoms with Gasteiger partial charge in [0.25, 0.3) is 0 Å². The van der Waals surface area contributed by atoms with Gasteiger partial charge in [0.2, 0.25) is 0 Å². The first-order valence-electron chi connectivity index (χ1n) is 13.8. The molecule has 33 heavy (non-hydrogen) atoms. The minimum absolute atomic E-state index is 0.0288. The number of carbonyl (C=O) groups excluding carboxylic acids is 1. The quantitative estimate of drug-likeness (QED) is 0.252. The van der Waals surface area contributed by atoms with E-state index in [9.17, 15) is 4.79 Å². The fraction of sp³-hybridized carbons (Fsp3) is 0.833. The van der Waals surface area contributed by atoms with Gasteiger partial charge >= 0.3 is 5.97 Å². The molecular formula is C30H46O3. The maximum atomic E-state index is 11.6. The van der Waals surface area contributed by atoms with E-state index in [1.54, 1.807) is 5.57 Å². The normalized spacial score (nSPS) is 47.8. The minimum Gasteiger partial charge on any atom is -0.462 e. The van der Waals surface area contributed by atoms with Crippen LogP contribution in [0.1, 0.15) is 93.4 Å². The fourth-order valence-corrected chi connectivity index (χ4v) is 8.84. The molecule has 4 aliphatic carbocycles. The van der Waals surface area contributed by atoms with Crippen molar-refractivity contribution in [3.63, 3.8) is 0 Å². The third kappa shape index (κ3) is 3.50. The average molecular weight is 455 g/mol. The van der Waals surface area contributed by atoms with Crippen LogP contribution in [0.5, 0.6) is 0 Å². The Bertz CT molecular complexity index is 857. The molecular weight excluding hydrogens is 408 g/mol. The number of esters is 1. The van der Waals surface area contributed by atoms with Gasteiger partial charge in [-0.3, -0.25) is 4.79 Å². The molecule has 1 heterocycles. The number of allylic oxidation sites excluding steroid dienone is 3. The summed E-state index contributed by atoms with van der Waals surface area (Å²) in [5, 5.41) is 0. The molecule has 1 aliphatic heterocycles. The van der Waals surface area contributed by atoms with Crippen molar-refractivity contribution in [2.75, 3.05) is 0 Å². The van der Waals surface area contributed by atoms with E-state index in [4.69, 9.17) is 9.47 Å². The molecule has 0 amide bonds. The van der Waals surface area contributed by atoms with Crippen LogP contribution in [0.15, 0.2) is 23.8 Å². The lowest BCUT2D eigenvalue weighted by Gasteiger charge is -2.56. The summed E-state index contributed by atoms with van der Waals surface area (Å²) >= 11 is 0. The molecule has 5 rings (SSSR count). The highest BCUT2D eigenvalue weighted by Gasteiger charge is 2.74. The van der Waals surface area contributed by atoms with Crippen LogP contribution in [0.2, 0.25) is 0 Å². The second-order valence-corrected chi connectivity index (χ2v) is 13.2. The van der Waals surface area contributed by atoms with Crippen molar-refractivity contribution in [3.05, 3.63) is 23.8 Å². The highest BCUT2D eigenvalue weighted by molar-refractivity contribution is 5.66. The summed E-state index contributed by atoms with van der Waals surface area (Å²) in [6, 6.07) is 0. The fourth-order valence-electron chi connectivity index (χ4n) is 8.84. The number of hydrogen-bond donors (Lipinski definition) is 0. The maximum Gasteiger partial charge on any atom is 0.302 e. The first-order chi connectivity index (χ1) is 15.5. The Kier molecular flexibility index (Phi) is 5.71. The average Bonchev–Trinajstić information content (AvgIpc) is 3.32. The largest absolute Gasteiger partial charge is 0.462 e. The molecule has 0 aromatic carbocycles. The summed E-state index contributed by atoms with van der Waals surface area (Å²) in [7, 11) is 0. The number of rotatable bonds is 5. The lowest BCUT2D eigenvalue weighted by molar-refractivity contribution is -0.152. The lowest BCUT2D eigenvalue weighted by Crippen LogP contribution is -2.55. The third-order valence-corrected chi connectivity index (χ3v) is 11.3. The van der Waals surface area contributed by atoms with E-state index in [2.05, 4.69) is 59.8 Å². The van der Waals surface area contributed by atoms with Crippen molar-refractivity contribution in [2.24, 2.45) is 46.3 Å². The first-order valence-corrected chi connectivity index (χ1v) is 13.8. The van der Waals surface area contributed by atoms with Gasteiger partial charge in [0.1, 0.15) is 17.8 Å². The van der Waals surface area contributed by atoms with Crippen molar-refractivity contribution >= 4 is 5.97 Å². The molecule has 5 aliphatic rings. The second-order valence-electron chi connectivity index (χ2n) is 13.2. The van der Waals surface area contributed by atoms with Gasteiger partial charge in [-0.1, -0.05) is 65.3 Å². The molecule has 3 saturated carbocycles. The Morgan fingerprint density at radius 3 is 2.52 bits per heavy atom. The van der Waals surface area contributed by atoms with E-state index in [1.807, 2.05) is 0 Å². The standard InChI is InChI=1S/C30H46O3/c1-18(2)19(3)8-9-20(4)24-10-11-25-23-16-27-30(33-27)17-22(32-21(5)31)12-15-29(30,7)26(23)13-14-28(24,25)6/h8-9,16,18-20,22,24-27H,10-15,17H2,1-7H3/b9-8+/t19-,20+,22-,24+,25-,26-,27-,28+,29+,30-/m0/s1.